The van der Waals surface area contributed by atoms with Crippen LogP contribution in [0.5, 0.6) is 0 Å². The number of amides is 1. The van der Waals surface area contributed by atoms with Gasteiger partial charge in [-0.1, -0.05) is 30.3 Å². The lowest BCUT2D eigenvalue weighted by atomic mass is 9.95. The van der Waals surface area contributed by atoms with Crippen LogP contribution in [0.25, 0.3) is 16.9 Å². The number of halogens is 1. The van der Waals surface area contributed by atoms with Crippen LogP contribution in [0.2, 0.25) is 0 Å². The topological polar surface area (TPSA) is 72.2 Å². The number of hydrogen-bond acceptors (Lipinski definition) is 4. The Morgan fingerprint density at radius 2 is 1.76 bits per heavy atom. The molecule has 0 saturated heterocycles. The smallest absolute Gasteiger partial charge is 0.231 e. The van der Waals surface area contributed by atoms with Crippen molar-refractivity contribution in [2.24, 2.45) is 0 Å². The van der Waals surface area contributed by atoms with Crippen LogP contribution in [0.3, 0.4) is 0 Å². The minimum atomic E-state index is -0.436. The molecule has 1 saturated carbocycles. The predicted octanol–water partition coefficient (Wildman–Crippen LogP) is 3.28. The van der Waals surface area contributed by atoms with Gasteiger partial charge in [-0.15, -0.1) is 10.2 Å². The molecule has 1 amide bonds. The number of aromatic nitrogens is 4. The lowest BCUT2D eigenvalue weighted by molar-refractivity contribution is -0.123. The van der Waals surface area contributed by atoms with Crippen LogP contribution in [0.4, 0.5) is 4.39 Å². The van der Waals surface area contributed by atoms with Gasteiger partial charge in [-0.25, -0.2) is 4.39 Å². The third kappa shape index (κ3) is 3.14. The van der Waals surface area contributed by atoms with E-state index >= 15 is 0 Å². The molecule has 4 aromatic rings. The molecule has 2 heterocycles. The van der Waals surface area contributed by atoms with E-state index in [1.807, 2.05) is 36.4 Å². The van der Waals surface area contributed by atoms with Crippen molar-refractivity contribution < 1.29 is 9.18 Å². The number of carbonyl (C=O) groups excluding carboxylic acids is 1. The first-order chi connectivity index (χ1) is 14.2. The summed E-state index contributed by atoms with van der Waals surface area (Å²) in [4.78, 5) is 12.9. The standard InChI is InChI=1S/C22H18FN5O/c23-17-8-6-15(7-9-17)18-10-11-19-25-26-20(28(19)27-18)14-24-21(29)22(12-13-22)16-4-2-1-3-5-16/h1-11H,12-14H2,(H,24,29). The summed E-state index contributed by atoms with van der Waals surface area (Å²) in [5.74, 6) is 0.242. The Labute approximate surface area is 166 Å². The largest absolute Gasteiger partial charge is 0.348 e. The Morgan fingerprint density at radius 3 is 2.48 bits per heavy atom. The second-order valence-corrected chi connectivity index (χ2v) is 7.24. The highest BCUT2D eigenvalue weighted by Gasteiger charge is 2.51. The monoisotopic (exact) mass is 387 g/mol. The number of rotatable bonds is 5. The van der Waals surface area contributed by atoms with Crippen LogP contribution in [-0.4, -0.2) is 25.7 Å². The number of benzene rings is 2. The van der Waals surface area contributed by atoms with Crippen LogP contribution >= 0.6 is 0 Å². The fraction of sp³-hybridized carbons (Fsp3) is 0.182. The van der Waals surface area contributed by atoms with Gasteiger partial charge in [0.15, 0.2) is 11.5 Å². The molecule has 1 N–H and O–H groups in total. The molecule has 0 spiro atoms. The van der Waals surface area contributed by atoms with E-state index < -0.39 is 5.41 Å². The van der Waals surface area contributed by atoms with Gasteiger partial charge in [-0.05, 0) is 54.8 Å². The van der Waals surface area contributed by atoms with Crippen LogP contribution in [-0.2, 0) is 16.8 Å². The van der Waals surface area contributed by atoms with E-state index in [1.54, 1.807) is 22.7 Å². The third-order valence-corrected chi connectivity index (χ3v) is 5.39. The van der Waals surface area contributed by atoms with E-state index in [2.05, 4.69) is 20.6 Å². The summed E-state index contributed by atoms with van der Waals surface area (Å²) >= 11 is 0. The Hall–Kier alpha value is -3.61. The van der Waals surface area contributed by atoms with E-state index in [4.69, 9.17) is 0 Å². The maximum atomic E-state index is 13.2. The number of nitrogens with zero attached hydrogens (tertiary/aromatic N) is 4. The van der Waals surface area contributed by atoms with Gasteiger partial charge in [-0.3, -0.25) is 4.79 Å². The summed E-state index contributed by atoms with van der Waals surface area (Å²) < 4.78 is 14.8. The van der Waals surface area contributed by atoms with Crippen LogP contribution in [0, 0.1) is 5.82 Å². The zero-order valence-corrected chi connectivity index (χ0v) is 15.5. The first-order valence-corrected chi connectivity index (χ1v) is 9.47. The van der Waals surface area contributed by atoms with Crippen molar-refractivity contribution >= 4 is 11.6 Å². The van der Waals surface area contributed by atoms with Crippen molar-refractivity contribution in [2.45, 2.75) is 24.8 Å². The second-order valence-electron chi connectivity index (χ2n) is 7.24. The molecule has 0 atom stereocenters. The van der Waals surface area contributed by atoms with E-state index in [1.165, 1.54) is 12.1 Å². The van der Waals surface area contributed by atoms with Gasteiger partial charge in [-0.2, -0.15) is 9.61 Å². The summed E-state index contributed by atoms with van der Waals surface area (Å²) in [6.45, 7) is 0.231. The highest BCUT2D eigenvalue weighted by Crippen LogP contribution is 2.48. The molecule has 144 valence electrons. The Kier molecular flexibility index (Phi) is 4.08. The molecule has 5 rings (SSSR count). The Bertz CT molecular complexity index is 1180. The fourth-order valence-electron chi connectivity index (χ4n) is 3.58. The molecular weight excluding hydrogens is 369 g/mol. The maximum absolute atomic E-state index is 13.2. The molecule has 7 heteroatoms. The normalized spacial score (nSPS) is 14.7. The molecule has 0 bridgehead atoms. The van der Waals surface area contributed by atoms with Gasteiger partial charge in [0, 0.05) is 5.56 Å². The van der Waals surface area contributed by atoms with Gasteiger partial charge in [0.05, 0.1) is 17.7 Å². The highest BCUT2D eigenvalue weighted by molar-refractivity contribution is 5.91. The number of carbonyl (C=O) groups is 1. The Balaban J connectivity index is 1.38. The molecule has 1 fully saturated rings. The first kappa shape index (κ1) is 17.5. The molecular formula is C22H18FN5O. The van der Waals surface area contributed by atoms with Gasteiger partial charge in [0.25, 0.3) is 0 Å². The summed E-state index contributed by atoms with van der Waals surface area (Å²) in [5.41, 5.74) is 2.66. The highest BCUT2D eigenvalue weighted by atomic mass is 19.1. The van der Waals surface area contributed by atoms with Gasteiger partial charge >= 0.3 is 0 Å². The number of hydrogen-bond donors (Lipinski definition) is 1. The lowest BCUT2D eigenvalue weighted by Gasteiger charge is -2.15. The van der Waals surface area contributed by atoms with Crippen molar-refractivity contribution in [1.29, 1.82) is 0 Å². The zero-order chi connectivity index (χ0) is 19.8. The number of fused-ring (bicyclic) bond motifs is 1. The molecule has 29 heavy (non-hydrogen) atoms. The molecule has 0 radical (unpaired) electrons. The van der Waals surface area contributed by atoms with E-state index in [9.17, 15) is 9.18 Å². The fourth-order valence-corrected chi connectivity index (χ4v) is 3.58. The zero-order valence-electron chi connectivity index (χ0n) is 15.5. The SMILES string of the molecule is O=C(NCc1nnc2ccc(-c3ccc(F)cc3)nn12)C1(c2ccccc2)CC1. The summed E-state index contributed by atoms with van der Waals surface area (Å²) in [6.07, 6.45) is 1.69. The molecule has 6 nitrogen and oxygen atoms in total. The van der Waals surface area contributed by atoms with Crippen molar-refractivity contribution in [2.75, 3.05) is 0 Å². The minimum absolute atomic E-state index is 0.00450. The average molecular weight is 387 g/mol. The average Bonchev–Trinajstić information content (AvgIpc) is 3.48. The molecule has 1 aliphatic carbocycles. The van der Waals surface area contributed by atoms with Crippen LogP contribution in [0.1, 0.15) is 24.2 Å². The van der Waals surface area contributed by atoms with E-state index in [0.29, 0.717) is 17.2 Å². The van der Waals surface area contributed by atoms with Gasteiger partial charge in [0.2, 0.25) is 5.91 Å². The Morgan fingerprint density at radius 1 is 1.00 bits per heavy atom. The molecule has 1 aliphatic rings. The van der Waals surface area contributed by atoms with Crippen LogP contribution < -0.4 is 5.32 Å². The lowest BCUT2D eigenvalue weighted by Crippen LogP contribution is -2.34. The van der Waals surface area contributed by atoms with Gasteiger partial charge < -0.3 is 5.32 Å². The summed E-state index contributed by atoms with van der Waals surface area (Å²) in [5, 5.41) is 15.8. The first-order valence-electron chi connectivity index (χ1n) is 9.47. The van der Waals surface area contributed by atoms with E-state index in [0.717, 1.165) is 24.0 Å². The van der Waals surface area contributed by atoms with Crippen molar-refractivity contribution in [3.8, 4) is 11.3 Å². The maximum Gasteiger partial charge on any atom is 0.231 e. The molecule has 2 aromatic heterocycles. The van der Waals surface area contributed by atoms with Crippen molar-refractivity contribution in [3.63, 3.8) is 0 Å². The van der Waals surface area contributed by atoms with E-state index in [-0.39, 0.29) is 18.3 Å². The van der Waals surface area contributed by atoms with Gasteiger partial charge in [0.1, 0.15) is 5.82 Å². The number of nitrogens with one attached hydrogen (secondary N) is 1. The summed E-state index contributed by atoms with van der Waals surface area (Å²) in [7, 11) is 0. The molecule has 0 aliphatic heterocycles. The van der Waals surface area contributed by atoms with Crippen LogP contribution in [0.15, 0.2) is 66.7 Å². The second kappa shape index (κ2) is 6.77. The predicted molar refractivity (Wildman–Crippen MR) is 105 cm³/mol. The summed E-state index contributed by atoms with van der Waals surface area (Å²) in [6, 6.07) is 19.6. The minimum Gasteiger partial charge on any atom is -0.348 e. The van der Waals surface area contributed by atoms with Crippen molar-refractivity contribution in [1.82, 2.24) is 25.1 Å². The van der Waals surface area contributed by atoms with Crippen molar-refractivity contribution in [3.05, 3.63) is 83.9 Å². The molecule has 2 aromatic carbocycles. The third-order valence-electron chi connectivity index (χ3n) is 5.39. The quantitative estimate of drug-likeness (QED) is 0.570. The molecule has 0 unspecified atom stereocenters.